The molecule has 0 amide bonds. The van der Waals surface area contributed by atoms with Gasteiger partial charge in [-0.3, -0.25) is 0 Å². The SMILES string of the molecule is CCCC(O)C(=O)[O-].CCCC(O)C(=O)[O-].CCCC(O)C(=O)[O-].[Bi+3]. The Kier molecular flexibility index (Phi) is 27.1. The summed E-state index contributed by atoms with van der Waals surface area (Å²) in [5.41, 5.74) is 0. The zero-order valence-corrected chi connectivity index (χ0v) is 18.2. The predicted octanol–water partition coefficient (Wildman–Crippen LogP) is -3.69. The number of aliphatic carboxylic acids is 3. The van der Waals surface area contributed by atoms with Gasteiger partial charge in [0.2, 0.25) is 0 Å². The molecule has 0 bridgehead atoms. The minimum absolute atomic E-state index is 0. The third-order valence-electron chi connectivity index (χ3n) is 2.50. The van der Waals surface area contributed by atoms with Crippen molar-refractivity contribution in [2.24, 2.45) is 0 Å². The monoisotopic (exact) mass is 560 g/mol. The molecule has 0 saturated heterocycles. The van der Waals surface area contributed by atoms with Crippen LogP contribution in [-0.4, -0.2) is 77.7 Å². The van der Waals surface area contributed by atoms with Crippen LogP contribution < -0.4 is 15.3 Å². The quantitative estimate of drug-likeness (QED) is 0.239. The maximum absolute atomic E-state index is 9.73. The molecule has 0 aliphatic carbocycles. The van der Waals surface area contributed by atoms with E-state index in [2.05, 4.69) is 0 Å². The second kappa shape index (κ2) is 21.2. The van der Waals surface area contributed by atoms with Gasteiger partial charge in [-0.25, -0.2) is 0 Å². The van der Waals surface area contributed by atoms with Gasteiger partial charge in [-0.15, -0.1) is 0 Å². The Morgan fingerprint density at radius 2 is 0.800 bits per heavy atom. The molecule has 3 unspecified atom stereocenters. The van der Waals surface area contributed by atoms with Gasteiger partial charge in [-0.2, -0.15) is 0 Å². The van der Waals surface area contributed by atoms with Crippen LogP contribution in [0.15, 0.2) is 0 Å². The molecular weight excluding hydrogens is 533 g/mol. The van der Waals surface area contributed by atoms with Crippen molar-refractivity contribution >= 4 is 44.1 Å². The third-order valence-corrected chi connectivity index (χ3v) is 2.50. The van der Waals surface area contributed by atoms with E-state index in [0.29, 0.717) is 19.3 Å². The number of aliphatic hydroxyl groups is 3. The van der Waals surface area contributed by atoms with E-state index in [1.54, 1.807) is 20.8 Å². The Hall–Kier alpha value is -0.827. The van der Waals surface area contributed by atoms with E-state index >= 15 is 0 Å². The summed E-state index contributed by atoms with van der Waals surface area (Å²) in [6, 6.07) is 0. The number of hydrogen-bond acceptors (Lipinski definition) is 9. The van der Waals surface area contributed by atoms with Crippen LogP contribution >= 0.6 is 0 Å². The minimum atomic E-state index is -1.38. The average molecular weight is 560 g/mol. The van der Waals surface area contributed by atoms with Crippen LogP contribution in [0.3, 0.4) is 0 Å². The van der Waals surface area contributed by atoms with Gasteiger partial charge in [-0.05, 0) is 19.3 Å². The van der Waals surface area contributed by atoms with E-state index in [9.17, 15) is 29.7 Å². The van der Waals surface area contributed by atoms with Crippen LogP contribution in [0.4, 0.5) is 0 Å². The van der Waals surface area contributed by atoms with Crippen molar-refractivity contribution in [3.8, 4) is 0 Å². The van der Waals surface area contributed by atoms with Crippen LogP contribution in [-0.2, 0) is 14.4 Å². The number of carboxylic acids is 3. The van der Waals surface area contributed by atoms with Crippen molar-refractivity contribution in [2.75, 3.05) is 0 Å². The Labute approximate surface area is 166 Å². The fourth-order valence-electron chi connectivity index (χ4n) is 1.17. The van der Waals surface area contributed by atoms with Crippen LogP contribution in [0, 0.1) is 0 Å². The number of carboxylic acid groups (broad SMARTS) is 3. The summed E-state index contributed by atoms with van der Waals surface area (Å²) in [7, 11) is 0. The molecule has 0 aliphatic rings. The summed E-state index contributed by atoms with van der Waals surface area (Å²) in [6.45, 7) is 5.39. The molecule has 9 nitrogen and oxygen atoms in total. The largest absolute Gasteiger partial charge is 3.00 e. The second-order valence-corrected chi connectivity index (χ2v) is 4.87. The van der Waals surface area contributed by atoms with E-state index in [4.69, 9.17) is 15.3 Å². The molecule has 3 atom stereocenters. The summed E-state index contributed by atoms with van der Waals surface area (Å²) in [4.78, 5) is 29.2. The average Bonchev–Trinajstić information content (AvgIpc) is 2.49. The molecule has 25 heavy (non-hydrogen) atoms. The summed E-state index contributed by atoms with van der Waals surface area (Å²) >= 11 is 0. The molecule has 146 valence electrons. The Morgan fingerprint density at radius 1 is 0.640 bits per heavy atom. The molecule has 0 aromatic carbocycles. The summed E-state index contributed by atoms with van der Waals surface area (Å²) in [5.74, 6) is -4.15. The first kappa shape index (κ1) is 31.9. The van der Waals surface area contributed by atoms with Gasteiger partial charge >= 0.3 is 26.2 Å². The molecule has 0 saturated carbocycles. The molecule has 2 radical (unpaired) electrons. The third kappa shape index (κ3) is 25.5. The standard InChI is InChI=1S/3C5H10O3.Bi/c3*1-2-3-4(6)5(7)8;/h3*4,6H,2-3H2,1H3,(H,7,8);/q;;;+3/p-3. The normalized spacial score (nSPS) is 12.7. The fraction of sp³-hybridized carbons (Fsp3) is 0.800. The minimum Gasteiger partial charge on any atom is -0.547 e. The molecule has 0 heterocycles. The summed E-state index contributed by atoms with van der Waals surface area (Å²) in [5, 5.41) is 54.6. The topological polar surface area (TPSA) is 181 Å². The van der Waals surface area contributed by atoms with Gasteiger partial charge in [0.1, 0.15) is 0 Å². The Balaban J connectivity index is -0.000000130. The van der Waals surface area contributed by atoms with Gasteiger partial charge in [0.05, 0.1) is 36.2 Å². The van der Waals surface area contributed by atoms with Gasteiger partial charge in [0, 0.05) is 0 Å². The predicted molar refractivity (Wildman–Crippen MR) is 83.5 cm³/mol. The number of rotatable bonds is 9. The molecule has 0 aromatic rings. The summed E-state index contributed by atoms with van der Waals surface area (Å²) < 4.78 is 0. The van der Waals surface area contributed by atoms with E-state index < -0.39 is 36.2 Å². The van der Waals surface area contributed by atoms with Crippen molar-refractivity contribution in [3.05, 3.63) is 0 Å². The van der Waals surface area contributed by atoms with Gasteiger partial charge < -0.3 is 45.0 Å². The maximum Gasteiger partial charge on any atom is 3.00 e. The fourth-order valence-corrected chi connectivity index (χ4v) is 1.17. The molecule has 10 heteroatoms. The Morgan fingerprint density at radius 3 is 0.840 bits per heavy atom. The van der Waals surface area contributed by atoms with Crippen molar-refractivity contribution in [3.63, 3.8) is 0 Å². The smallest absolute Gasteiger partial charge is 0.547 e. The van der Waals surface area contributed by atoms with Gasteiger partial charge in [0.25, 0.3) is 0 Å². The van der Waals surface area contributed by atoms with Gasteiger partial charge in [-0.1, -0.05) is 40.0 Å². The molecule has 0 rings (SSSR count). The van der Waals surface area contributed by atoms with E-state index in [-0.39, 0.29) is 45.5 Å². The number of hydrogen-bond donors (Lipinski definition) is 3. The van der Waals surface area contributed by atoms with E-state index in [0.717, 1.165) is 0 Å². The number of aliphatic hydroxyl groups excluding tert-OH is 3. The summed E-state index contributed by atoms with van der Waals surface area (Å²) in [6.07, 6.45) is -1.01. The molecule has 0 spiro atoms. The Bertz CT molecular complexity index is 298. The van der Waals surface area contributed by atoms with Crippen molar-refractivity contribution in [2.45, 2.75) is 77.6 Å². The molecule has 0 aromatic heterocycles. The van der Waals surface area contributed by atoms with Crippen LogP contribution in [0.2, 0.25) is 0 Å². The zero-order chi connectivity index (χ0) is 19.7. The second-order valence-electron chi connectivity index (χ2n) is 4.87. The van der Waals surface area contributed by atoms with Crippen molar-refractivity contribution in [1.29, 1.82) is 0 Å². The molecular formula is C15H27BiO9. The molecule has 0 fully saturated rings. The first-order valence-corrected chi connectivity index (χ1v) is 7.71. The number of carbonyl (C=O) groups excluding carboxylic acids is 3. The van der Waals surface area contributed by atoms with Gasteiger partial charge in [0.15, 0.2) is 0 Å². The van der Waals surface area contributed by atoms with Crippen LogP contribution in [0.25, 0.3) is 0 Å². The zero-order valence-electron chi connectivity index (χ0n) is 14.7. The molecule has 3 N–H and O–H groups in total. The van der Waals surface area contributed by atoms with E-state index in [1.165, 1.54) is 0 Å². The van der Waals surface area contributed by atoms with E-state index in [1.807, 2.05) is 0 Å². The van der Waals surface area contributed by atoms with Crippen LogP contribution in [0.5, 0.6) is 0 Å². The van der Waals surface area contributed by atoms with Crippen molar-refractivity contribution in [1.82, 2.24) is 0 Å². The first-order chi connectivity index (χ1) is 11.0. The van der Waals surface area contributed by atoms with Crippen LogP contribution in [0.1, 0.15) is 59.3 Å². The first-order valence-electron chi connectivity index (χ1n) is 7.71. The van der Waals surface area contributed by atoms with Crippen molar-refractivity contribution < 1.29 is 45.0 Å². The number of carbonyl (C=O) groups is 3. The molecule has 0 aliphatic heterocycles. The maximum atomic E-state index is 9.73.